The Morgan fingerprint density at radius 1 is 1.18 bits per heavy atom. The lowest BCUT2D eigenvalue weighted by atomic mass is 9.74. The third-order valence-corrected chi connectivity index (χ3v) is 9.54. The summed E-state index contributed by atoms with van der Waals surface area (Å²) in [6.45, 7) is 3.45. The Balaban J connectivity index is 1.31. The number of thiazole rings is 1. The molecule has 0 bridgehead atoms. The minimum Gasteiger partial charge on any atom is -0.381 e. The highest BCUT2D eigenvalue weighted by atomic mass is 35.5. The molecule has 0 saturated carbocycles. The first kappa shape index (κ1) is 27.3. The van der Waals surface area contributed by atoms with Crippen LogP contribution in [-0.4, -0.2) is 83.9 Å². The lowest BCUT2D eigenvalue weighted by Crippen LogP contribution is -2.74. The predicted octanol–water partition coefficient (Wildman–Crippen LogP) is 2.52. The van der Waals surface area contributed by atoms with Gasteiger partial charge in [-0.25, -0.2) is 4.98 Å². The van der Waals surface area contributed by atoms with E-state index in [1.807, 2.05) is 13.1 Å². The zero-order chi connectivity index (χ0) is 27.9. The molecular formula is C28H33ClN6O4S. The lowest BCUT2D eigenvalue weighted by molar-refractivity contribution is -0.133. The Morgan fingerprint density at radius 2 is 2.00 bits per heavy atom. The van der Waals surface area contributed by atoms with E-state index in [0.717, 1.165) is 41.0 Å². The monoisotopic (exact) mass is 584 g/mol. The van der Waals surface area contributed by atoms with Gasteiger partial charge in [-0.15, -0.1) is 11.3 Å². The number of aromatic nitrogens is 2. The Labute approximate surface area is 241 Å². The number of aromatic amines is 1. The molecule has 3 aliphatic rings. The van der Waals surface area contributed by atoms with Crippen molar-refractivity contribution in [3.63, 3.8) is 0 Å². The van der Waals surface area contributed by atoms with Crippen LogP contribution in [0.15, 0.2) is 24.3 Å². The van der Waals surface area contributed by atoms with Gasteiger partial charge in [-0.2, -0.15) is 0 Å². The number of amides is 2. The number of carbonyl (C=O) groups excluding carboxylic acids is 3. The van der Waals surface area contributed by atoms with Crippen molar-refractivity contribution in [2.45, 2.75) is 43.8 Å². The Morgan fingerprint density at radius 3 is 2.83 bits per heavy atom. The van der Waals surface area contributed by atoms with Gasteiger partial charge in [0.05, 0.1) is 11.7 Å². The van der Waals surface area contributed by atoms with Crippen molar-refractivity contribution in [3.05, 3.63) is 50.6 Å². The summed E-state index contributed by atoms with van der Waals surface area (Å²) in [6.07, 6.45) is 2.43. The average molecular weight is 585 g/mol. The second-order valence-electron chi connectivity index (χ2n) is 11.0. The number of H-pyrrole nitrogens is 1. The smallest absolute Gasteiger partial charge is 0.281 e. The summed E-state index contributed by atoms with van der Waals surface area (Å²) < 4.78 is 5.51. The summed E-state index contributed by atoms with van der Waals surface area (Å²) in [4.78, 5) is 52.6. The summed E-state index contributed by atoms with van der Waals surface area (Å²) >= 11 is 7.51. The number of halogens is 1. The summed E-state index contributed by atoms with van der Waals surface area (Å²) in [5.41, 5.74) is 0.775. The first-order valence-corrected chi connectivity index (χ1v) is 14.9. The third-order valence-electron chi connectivity index (χ3n) is 8.23. The van der Waals surface area contributed by atoms with Crippen LogP contribution in [0.3, 0.4) is 0 Å². The molecule has 5 heterocycles. The molecule has 2 fully saturated rings. The molecule has 2 aromatic heterocycles. The molecule has 2 atom stereocenters. The average Bonchev–Trinajstić information content (AvgIpc) is 3.58. The van der Waals surface area contributed by atoms with E-state index in [0.29, 0.717) is 54.7 Å². The number of hydrogen-bond acceptors (Lipinski definition) is 8. The summed E-state index contributed by atoms with van der Waals surface area (Å²) in [6, 6.07) is 6.51. The number of nitrogens with one attached hydrogen (secondary N) is 4. The molecule has 0 spiro atoms. The van der Waals surface area contributed by atoms with Crippen molar-refractivity contribution in [1.82, 2.24) is 30.8 Å². The number of likely N-dealkylation sites (N-methyl/N-ethyl adjacent to an activating group) is 1. The number of Topliss-reactive ketones (excluding diaryl/α,β-unsaturated/α-hetero) is 1. The van der Waals surface area contributed by atoms with Crippen molar-refractivity contribution in [2.24, 2.45) is 5.92 Å². The van der Waals surface area contributed by atoms with Crippen molar-refractivity contribution in [3.8, 4) is 0 Å². The van der Waals surface area contributed by atoms with Gasteiger partial charge >= 0.3 is 0 Å². The van der Waals surface area contributed by atoms with Crippen LogP contribution in [0.5, 0.6) is 0 Å². The molecule has 6 rings (SSSR count). The highest BCUT2D eigenvalue weighted by Crippen LogP contribution is 2.30. The van der Waals surface area contributed by atoms with Gasteiger partial charge in [0.25, 0.3) is 11.8 Å². The van der Waals surface area contributed by atoms with Crippen LogP contribution in [0, 0.1) is 5.92 Å². The van der Waals surface area contributed by atoms with Crippen molar-refractivity contribution < 1.29 is 19.1 Å². The minimum absolute atomic E-state index is 0.0777. The van der Waals surface area contributed by atoms with Crippen LogP contribution in [-0.2, 0) is 22.5 Å². The van der Waals surface area contributed by atoms with Crippen LogP contribution in [0.4, 0.5) is 0 Å². The van der Waals surface area contributed by atoms with Gasteiger partial charge in [0.15, 0.2) is 10.8 Å². The van der Waals surface area contributed by atoms with E-state index in [4.69, 9.17) is 16.3 Å². The van der Waals surface area contributed by atoms with Crippen LogP contribution >= 0.6 is 22.9 Å². The van der Waals surface area contributed by atoms with E-state index in [1.54, 1.807) is 18.2 Å². The summed E-state index contributed by atoms with van der Waals surface area (Å²) in [7, 11) is 2.05. The maximum Gasteiger partial charge on any atom is 0.281 e. The molecule has 12 heteroatoms. The highest BCUT2D eigenvalue weighted by molar-refractivity contribution is 7.13. The molecular weight excluding hydrogens is 552 g/mol. The first-order valence-electron chi connectivity index (χ1n) is 13.7. The van der Waals surface area contributed by atoms with E-state index in [-0.39, 0.29) is 30.1 Å². The maximum atomic E-state index is 14.3. The molecule has 212 valence electrons. The highest BCUT2D eigenvalue weighted by Gasteiger charge is 2.51. The maximum absolute atomic E-state index is 14.3. The van der Waals surface area contributed by atoms with Gasteiger partial charge in [-0.1, -0.05) is 11.6 Å². The van der Waals surface area contributed by atoms with Crippen LogP contribution < -0.4 is 16.0 Å². The van der Waals surface area contributed by atoms with Gasteiger partial charge in [0.2, 0.25) is 0 Å². The third kappa shape index (κ3) is 5.28. The minimum atomic E-state index is -1.33. The number of carbonyl (C=O) groups is 3. The number of nitrogens with zero attached hydrogens (tertiary/aromatic N) is 2. The van der Waals surface area contributed by atoms with Crippen molar-refractivity contribution in [1.29, 1.82) is 0 Å². The largest absolute Gasteiger partial charge is 0.381 e. The number of ketones is 1. The first-order chi connectivity index (χ1) is 19.3. The number of piperidine rings is 1. The van der Waals surface area contributed by atoms with Gasteiger partial charge < -0.3 is 30.6 Å². The number of rotatable bonds is 6. The molecule has 1 aromatic carbocycles. The Kier molecular flexibility index (Phi) is 7.66. The number of hydrogen-bond donors (Lipinski definition) is 4. The Hall–Kier alpha value is -2.83. The molecule has 0 unspecified atom stereocenters. The molecule has 10 nitrogen and oxygen atoms in total. The second kappa shape index (κ2) is 11.2. The van der Waals surface area contributed by atoms with E-state index in [9.17, 15) is 14.4 Å². The molecule has 40 heavy (non-hydrogen) atoms. The van der Waals surface area contributed by atoms with Gasteiger partial charge in [0, 0.05) is 66.0 Å². The fraction of sp³-hybridized carbons (Fsp3) is 0.500. The van der Waals surface area contributed by atoms with Gasteiger partial charge in [0.1, 0.15) is 11.2 Å². The lowest BCUT2D eigenvalue weighted by Gasteiger charge is -2.45. The molecule has 0 radical (unpaired) electrons. The second-order valence-corrected chi connectivity index (χ2v) is 12.5. The van der Waals surface area contributed by atoms with Crippen molar-refractivity contribution >= 4 is 51.4 Å². The standard InChI is InChI=1S/C28H33ClN6O4S/c1-35-9-5-20-22(14-35)40-27(32-20)26(38)34-28(24(36)16-6-10-39-11-7-16)15-30-8-4-23(28)33-25(37)21-13-17-12-18(29)2-3-19(17)31-21/h2-3,12-13,16,23,30-31H,4-11,14-15H2,1H3,(H,33,37)(H,34,38)/t23-,28+/m0/s1. The van der Waals surface area contributed by atoms with E-state index in [2.05, 4.69) is 30.8 Å². The fourth-order valence-corrected chi connectivity index (χ4v) is 7.27. The number of benzene rings is 1. The predicted molar refractivity (Wildman–Crippen MR) is 153 cm³/mol. The molecule has 2 saturated heterocycles. The fourth-order valence-electron chi connectivity index (χ4n) is 6.01. The van der Waals surface area contributed by atoms with E-state index < -0.39 is 11.6 Å². The molecule has 3 aromatic rings. The molecule has 0 aliphatic carbocycles. The van der Waals surface area contributed by atoms with Crippen LogP contribution in [0.1, 0.15) is 50.1 Å². The van der Waals surface area contributed by atoms with Crippen LogP contribution in [0.25, 0.3) is 10.9 Å². The number of fused-ring (bicyclic) bond motifs is 2. The molecule has 3 aliphatic heterocycles. The molecule has 2 amide bonds. The van der Waals surface area contributed by atoms with E-state index in [1.165, 1.54) is 11.3 Å². The van der Waals surface area contributed by atoms with Crippen LogP contribution in [0.2, 0.25) is 5.02 Å². The normalized spacial score (nSPS) is 24.0. The zero-order valence-corrected chi connectivity index (χ0v) is 23.9. The SMILES string of the molecule is CN1CCc2nc(C(=O)N[C@]3(C(=O)C4CCOCC4)CNCC[C@@H]3NC(=O)c3cc4cc(Cl)ccc4[nH]3)sc2C1. The molecule has 4 N–H and O–H groups in total. The Bertz CT molecular complexity index is 1450. The number of ether oxygens (including phenoxy) is 1. The topological polar surface area (TPSA) is 128 Å². The van der Waals surface area contributed by atoms with Crippen molar-refractivity contribution in [2.75, 3.05) is 39.9 Å². The van der Waals surface area contributed by atoms with Gasteiger partial charge in [-0.3, -0.25) is 14.4 Å². The summed E-state index contributed by atoms with van der Waals surface area (Å²) in [5, 5.41) is 11.3. The zero-order valence-electron chi connectivity index (χ0n) is 22.3. The van der Waals surface area contributed by atoms with Gasteiger partial charge in [-0.05, 0) is 57.1 Å². The van der Waals surface area contributed by atoms with E-state index >= 15 is 0 Å². The summed E-state index contributed by atoms with van der Waals surface area (Å²) in [5.74, 6) is -1.08. The quantitative estimate of drug-likeness (QED) is 0.350.